The van der Waals surface area contributed by atoms with Crippen LogP contribution in [0.2, 0.25) is 0 Å². The lowest BCUT2D eigenvalue weighted by molar-refractivity contribution is 0.410. The molecule has 1 fully saturated rings. The Morgan fingerprint density at radius 2 is 1.89 bits per heavy atom. The first-order valence-corrected chi connectivity index (χ1v) is 9.07. The lowest BCUT2D eigenvalue weighted by Crippen LogP contribution is -2.31. The Bertz CT molecular complexity index is 906. The smallest absolute Gasteiger partial charge is 0.229 e. The average Bonchev–Trinajstić information content (AvgIpc) is 3.08. The van der Waals surface area contributed by atoms with E-state index in [0.717, 1.165) is 47.2 Å². The van der Waals surface area contributed by atoms with Gasteiger partial charge in [-0.05, 0) is 25.3 Å². The van der Waals surface area contributed by atoms with Gasteiger partial charge in [0.25, 0.3) is 0 Å². The minimum absolute atomic E-state index is 0. The number of nitrogens with zero attached hydrogens (tertiary/aromatic N) is 5. The van der Waals surface area contributed by atoms with Gasteiger partial charge < -0.3 is 15.0 Å². The SMILES string of the molecule is COc1ccccc1CNc1nc(N2CCCCC2)nc2c1cnn2C.Cl. The third-order valence-electron chi connectivity index (χ3n) is 4.86. The van der Waals surface area contributed by atoms with Crippen LogP contribution in [0.15, 0.2) is 30.5 Å². The highest BCUT2D eigenvalue weighted by molar-refractivity contribution is 5.87. The highest BCUT2D eigenvalue weighted by atomic mass is 35.5. The van der Waals surface area contributed by atoms with Gasteiger partial charge in [-0.1, -0.05) is 18.2 Å². The van der Waals surface area contributed by atoms with E-state index in [4.69, 9.17) is 14.7 Å². The Morgan fingerprint density at radius 3 is 2.67 bits per heavy atom. The zero-order chi connectivity index (χ0) is 17.9. The number of hydrogen-bond acceptors (Lipinski definition) is 6. The summed E-state index contributed by atoms with van der Waals surface area (Å²) < 4.78 is 7.25. The fourth-order valence-corrected chi connectivity index (χ4v) is 3.41. The molecule has 3 aromatic rings. The Hall–Kier alpha value is -2.54. The molecule has 2 aromatic heterocycles. The Morgan fingerprint density at radius 1 is 1.11 bits per heavy atom. The molecule has 0 bridgehead atoms. The van der Waals surface area contributed by atoms with Gasteiger partial charge in [0.15, 0.2) is 5.65 Å². The quantitative estimate of drug-likeness (QED) is 0.722. The van der Waals surface area contributed by atoms with Crippen LogP contribution in [-0.4, -0.2) is 39.9 Å². The van der Waals surface area contributed by atoms with Crippen LogP contribution in [0.5, 0.6) is 5.75 Å². The third-order valence-corrected chi connectivity index (χ3v) is 4.86. The van der Waals surface area contributed by atoms with Gasteiger partial charge in [0.1, 0.15) is 11.6 Å². The number of methoxy groups -OCH3 is 1. The van der Waals surface area contributed by atoms with Crippen molar-refractivity contribution in [1.29, 1.82) is 0 Å². The van der Waals surface area contributed by atoms with Crippen LogP contribution >= 0.6 is 12.4 Å². The molecule has 27 heavy (non-hydrogen) atoms. The molecule has 1 aromatic carbocycles. The molecule has 0 amide bonds. The van der Waals surface area contributed by atoms with E-state index in [0.29, 0.717) is 6.54 Å². The first-order valence-electron chi connectivity index (χ1n) is 9.07. The van der Waals surface area contributed by atoms with E-state index in [2.05, 4.69) is 21.4 Å². The standard InChI is InChI=1S/C19H24N6O.ClH/c1-24-18-15(13-21-24)17(20-12-14-8-4-5-9-16(14)26-2)22-19(23-18)25-10-6-3-7-11-25;/h4-5,8-9,13H,3,6-7,10-12H2,1-2H3,(H,20,22,23);1H. The van der Waals surface area contributed by atoms with Crippen molar-refractivity contribution in [2.24, 2.45) is 7.05 Å². The van der Waals surface area contributed by atoms with E-state index in [1.165, 1.54) is 19.3 Å². The zero-order valence-corrected chi connectivity index (χ0v) is 16.5. The number of nitrogens with one attached hydrogen (secondary N) is 1. The minimum atomic E-state index is 0. The van der Waals surface area contributed by atoms with Gasteiger partial charge in [0, 0.05) is 32.2 Å². The first kappa shape index (κ1) is 19.2. The lowest BCUT2D eigenvalue weighted by atomic mass is 10.1. The molecule has 0 unspecified atom stereocenters. The average molecular weight is 389 g/mol. The third kappa shape index (κ3) is 3.93. The second-order valence-electron chi connectivity index (χ2n) is 6.59. The van der Waals surface area contributed by atoms with Crippen molar-refractivity contribution >= 4 is 35.2 Å². The van der Waals surface area contributed by atoms with Gasteiger partial charge in [0.2, 0.25) is 5.95 Å². The molecule has 4 rings (SSSR count). The number of fused-ring (bicyclic) bond motifs is 1. The van der Waals surface area contributed by atoms with Gasteiger partial charge in [-0.2, -0.15) is 15.1 Å². The summed E-state index contributed by atoms with van der Waals surface area (Å²) in [7, 11) is 3.61. The highest BCUT2D eigenvalue weighted by Crippen LogP contribution is 2.26. The number of aromatic nitrogens is 4. The summed E-state index contributed by atoms with van der Waals surface area (Å²) in [4.78, 5) is 11.8. The summed E-state index contributed by atoms with van der Waals surface area (Å²) in [5.74, 6) is 2.46. The number of anilines is 2. The molecule has 1 N–H and O–H groups in total. The van der Waals surface area contributed by atoms with E-state index in [9.17, 15) is 0 Å². The normalized spacial score (nSPS) is 14.1. The molecular weight excluding hydrogens is 364 g/mol. The van der Waals surface area contributed by atoms with Crippen molar-refractivity contribution in [2.45, 2.75) is 25.8 Å². The van der Waals surface area contributed by atoms with Crippen LogP contribution in [0.25, 0.3) is 11.0 Å². The monoisotopic (exact) mass is 388 g/mol. The van der Waals surface area contributed by atoms with Crippen molar-refractivity contribution in [2.75, 3.05) is 30.4 Å². The van der Waals surface area contributed by atoms with Crippen molar-refractivity contribution < 1.29 is 4.74 Å². The van der Waals surface area contributed by atoms with E-state index in [1.807, 2.05) is 31.4 Å². The molecule has 144 valence electrons. The molecule has 1 aliphatic rings. The fraction of sp³-hybridized carbons (Fsp3) is 0.421. The highest BCUT2D eigenvalue weighted by Gasteiger charge is 2.18. The molecule has 1 aliphatic heterocycles. The largest absolute Gasteiger partial charge is 0.496 e. The van der Waals surface area contributed by atoms with Crippen molar-refractivity contribution in [3.63, 3.8) is 0 Å². The Labute approximate surface area is 165 Å². The molecular formula is C19H25ClN6O. The van der Waals surface area contributed by atoms with Gasteiger partial charge >= 0.3 is 0 Å². The van der Waals surface area contributed by atoms with Crippen LogP contribution in [-0.2, 0) is 13.6 Å². The molecule has 8 heteroatoms. The first-order chi connectivity index (χ1) is 12.8. The topological polar surface area (TPSA) is 68.1 Å². The van der Waals surface area contributed by atoms with Gasteiger partial charge in [-0.15, -0.1) is 12.4 Å². The number of para-hydroxylation sites is 1. The molecule has 1 saturated heterocycles. The minimum Gasteiger partial charge on any atom is -0.496 e. The van der Waals surface area contributed by atoms with E-state index in [1.54, 1.807) is 11.8 Å². The van der Waals surface area contributed by atoms with Crippen LogP contribution in [0.1, 0.15) is 24.8 Å². The number of rotatable bonds is 5. The predicted molar refractivity (Wildman–Crippen MR) is 110 cm³/mol. The maximum atomic E-state index is 5.45. The van der Waals surface area contributed by atoms with Gasteiger partial charge in [-0.25, -0.2) is 0 Å². The lowest BCUT2D eigenvalue weighted by Gasteiger charge is -2.27. The van der Waals surface area contributed by atoms with E-state index < -0.39 is 0 Å². The summed E-state index contributed by atoms with van der Waals surface area (Å²) >= 11 is 0. The number of aryl methyl sites for hydroxylation is 1. The van der Waals surface area contributed by atoms with Gasteiger partial charge in [-0.3, -0.25) is 4.68 Å². The number of benzene rings is 1. The second-order valence-corrected chi connectivity index (χ2v) is 6.59. The zero-order valence-electron chi connectivity index (χ0n) is 15.7. The molecule has 0 atom stereocenters. The van der Waals surface area contributed by atoms with Crippen LogP contribution in [0.3, 0.4) is 0 Å². The maximum Gasteiger partial charge on any atom is 0.229 e. The number of piperidine rings is 1. The predicted octanol–water partition coefficient (Wildman–Crippen LogP) is 3.40. The van der Waals surface area contributed by atoms with E-state index >= 15 is 0 Å². The maximum absolute atomic E-state index is 5.45. The van der Waals surface area contributed by atoms with Crippen LogP contribution in [0.4, 0.5) is 11.8 Å². The molecule has 0 saturated carbocycles. The van der Waals surface area contributed by atoms with Crippen LogP contribution in [0, 0.1) is 0 Å². The molecule has 0 spiro atoms. The molecule has 0 radical (unpaired) electrons. The second kappa shape index (κ2) is 8.43. The molecule has 7 nitrogen and oxygen atoms in total. The number of halogens is 1. The van der Waals surface area contributed by atoms with E-state index in [-0.39, 0.29) is 12.4 Å². The van der Waals surface area contributed by atoms with Crippen LogP contribution < -0.4 is 15.0 Å². The summed E-state index contributed by atoms with van der Waals surface area (Å²) in [5, 5.41) is 8.76. The molecule has 3 heterocycles. The molecule has 0 aliphatic carbocycles. The summed E-state index contributed by atoms with van der Waals surface area (Å²) in [6, 6.07) is 8.01. The summed E-state index contributed by atoms with van der Waals surface area (Å²) in [5.41, 5.74) is 1.94. The number of ether oxygens (including phenoxy) is 1. The van der Waals surface area contributed by atoms with Crippen molar-refractivity contribution in [3.05, 3.63) is 36.0 Å². The van der Waals surface area contributed by atoms with Crippen molar-refractivity contribution in [1.82, 2.24) is 19.7 Å². The van der Waals surface area contributed by atoms with Crippen molar-refractivity contribution in [3.8, 4) is 5.75 Å². The number of hydrogen-bond donors (Lipinski definition) is 1. The summed E-state index contributed by atoms with van der Waals surface area (Å²) in [6.07, 6.45) is 5.48. The summed E-state index contributed by atoms with van der Waals surface area (Å²) in [6.45, 7) is 2.65. The Kier molecular flexibility index (Phi) is 6.01. The van der Waals surface area contributed by atoms with Gasteiger partial charge in [0.05, 0.1) is 18.7 Å². The Balaban J connectivity index is 0.00000210. The fourth-order valence-electron chi connectivity index (χ4n) is 3.41.